The lowest BCUT2D eigenvalue weighted by atomic mass is 10.0. The molecule has 0 radical (unpaired) electrons. The number of carbonyl (C=O) groups excluding carboxylic acids is 3. The largest absolute Gasteiger partial charge is 0.497 e. The summed E-state index contributed by atoms with van der Waals surface area (Å²) < 4.78 is 23.4. The van der Waals surface area contributed by atoms with Gasteiger partial charge in [-0.25, -0.2) is 14.4 Å². The van der Waals surface area contributed by atoms with Gasteiger partial charge in [0.15, 0.2) is 0 Å². The number of ether oxygens (including phenoxy) is 4. The summed E-state index contributed by atoms with van der Waals surface area (Å²) in [6.45, 7) is 13.1. The zero-order chi connectivity index (χ0) is 28.8. The van der Waals surface area contributed by atoms with E-state index in [9.17, 15) is 14.4 Å². The Morgan fingerprint density at radius 3 is 2.21 bits per heavy atom. The minimum Gasteiger partial charge on any atom is -0.497 e. The summed E-state index contributed by atoms with van der Waals surface area (Å²) in [7, 11) is 5.56. The van der Waals surface area contributed by atoms with Crippen LogP contribution in [0.2, 0.25) is 0 Å². The van der Waals surface area contributed by atoms with Crippen LogP contribution in [0.1, 0.15) is 54.0 Å². The molecule has 1 amide bonds. The maximum absolute atomic E-state index is 13.3. The molecule has 2 aromatic rings. The van der Waals surface area contributed by atoms with E-state index in [0.717, 1.165) is 17.5 Å². The maximum atomic E-state index is 13.3. The van der Waals surface area contributed by atoms with Crippen LogP contribution in [-0.2, 0) is 25.4 Å². The first-order chi connectivity index (χ1) is 17.6. The third-order valence-electron chi connectivity index (χ3n) is 5.71. The average Bonchev–Trinajstić information content (AvgIpc) is 3.17. The van der Waals surface area contributed by atoms with Gasteiger partial charge in [-0.2, -0.15) is 0 Å². The van der Waals surface area contributed by atoms with E-state index in [1.54, 1.807) is 73.9 Å². The average molecular weight is 534 g/mol. The molecule has 212 valence electrons. The highest BCUT2D eigenvalue weighted by Gasteiger charge is 2.32. The Morgan fingerprint density at radius 2 is 1.68 bits per heavy atom. The molecule has 0 saturated heterocycles. The summed E-state index contributed by atoms with van der Waals surface area (Å²) in [5.74, 6) is -0.666. The summed E-state index contributed by atoms with van der Waals surface area (Å²) >= 11 is 0. The van der Waals surface area contributed by atoms with Crippen LogP contribution in [0.3, 0.4) is 0 Å². The number of alkyl carbamates (subject to hydrolysis) is 1. The standard InChI is InChI=1S/C28H43N3O7/c1-17(2)23(29-26(33)38-28(5,6)7)24(32)36-25(18(3)4)37-27(34)31-16-19(13-14-30(8)9)21-15-20(35-10)11-12-22(21)31/h11-12,15-18,23,25H,13-14H2,1-10H3,(H,29,33). The van der Waals surface area contributed by atoms with Crippen molar-refractivity contribution in [1.29, 1.82) is 0 Å². The number of likely N-dealkylation sites (N-methyl/N-ethyl adjacent to an activating group) is 1. The van der Waals surface area contributed by atoms with Crippen molar-refractivity contribution in [2.75, 3.05) is 27.7 Å². The maximum Gasteiger partial charge on any atom is 0.421 e. The van der Waals surface area contributed by atoms with Gasteiger partial charge in [0.1, 0.15) is 17.4 Å². The molecule has 1 aromatic carbocycles. The van der Waals surface area contributed by atoms with E-state index in [4.69, 9.17) is 18.9 Å². The molecule has 0 bridgehead atoms. The van der Waals surface area contributed by atoms with Crippen LogP contribution >= 0.6 is 0 Å². The third kappa shape index (κ3) is 8.65. The fourth-order valence-electron chi connectivity index (χ4n) is 3.67. The van der Waals surface area contributed by atoms with Crippen molar-refractivity contribution in [2.24, 2.45) is 11.8 Å². The predicted molar refractivity (Wildman–Crippen MR) is 145 cm³/mol. The lowest BCUT2D eigenvalue weighted by molar-refractivity contribution is -0.178. The summed E-state index contributed by atoms with van der Waals surface area (Å²) in [6.07, 6.45) is -0.116. The third-order valence-corrected chi connectivity index (χ3v) is 5.71. The molecule has 10 heteroatoms. The first-order valence-corrected chi connectivity index (χ1v) is 12.9. The lowest BCUT2D eigenvalue weighted by Gasteiger charge is -2.27. The van der Waals surface area contributed by atoms with Crippen LogP contribution in [-0.4, -0.2) is 73.3 Å². The van der Waals surface area contributed by atoms with Gasteiger partial charge in [0.25, 0.3) is 6.29 Å². The topological polar surface area (TPSA) is 108 Å². The second kappa shape index (κ2) is 13.0. The Morgan fingerprint density at radius 1 is 1.03 bits per heavy atom. The van der Waals surface area contributed by atoms with Gasteiger partial charge in [0.2, 0.25) is 0 Å². The fraction of sp³-hybridized carbons (Fsp3) is 0.607. The van der Waals surface area contributed by atoms with Crippen molar-refractivity contribution in [2.45, 2.75) is 72.8 Å². The van der Waals surface area contributed by atoms with Crippen LogP contribution < -0.4 is 10.1 Å². The van der Waals surface area contributed by atoms with Crippen LogP contribution in [0.25, 0.3) is 10.9 Å². The van der Waals surface area contributed by atoms with E-state index in [1.807, 2.05) is 20.2 Å². The number of carbonyl (C=O) groups is 3. The van der Waals surface area contributed by atoms with Gasteiger partial charge >= 0.3 is 18.2 Å². The molecule has 0 aliphatic heterocycles. The molecule has 10 nitrogen and oxygen atoms in total. The molecule has 0 aliphatic carbocycles. The molecule has 2 atom stereocenters. The summed E-state index contributed by atoms with van der Waals surface area (Å²) in [5, 5.41) is 3.44. The van der Waals surface area contributed by atoms with Crippen LogP contribution in [0, 0.1) is 11.8 Å². The normalized spacial score (nSPS) is 13.5. The highest BCUT2D eigenvalue weighted by molar-refractivity contribution is 5.93. The SMILES string of the molecule is COc1ccc2c(c1)c(CCN(C)C)cn2C(=O)OC(OC(=O)C(NC(=O)OC(C)(C)C)C(C)C)C(C)C. The van der Waals surface area contributed by atoms with Crippen molar-refractivity contribution < 1.29 is 33.3 Å². The monoisotopic (exact) mass is 533 g/mol. The van der Waals surface area contributed by atoms with E-state index in [2.05, 4.69) is 10.2 Å². The van der Waals surface area contributed by atoms with E-state index in [1.165, 1.54) is 4.57 Å². The fourth-order valence-corrected chi connectivity index (χ4v) is 3.67. The molecule has 0 saturated carbocycles. The van der Waals surface area contributed by atoms with Crippen LogP contribution in [0.4, 0.5) is 9.59 Å². The molecule has 1 N–H and O–H groups in total. The number of methoxy groups -OCH3 is 1. The second-order valence-electron chi connectivity index (χ2n) is 11.3. The van der Waals surface area contributed by atoms with Crippen molar-refractivity contribution in [1.82, 2.24) is 14.8 Å². The van der Waals surface area contributed by atoms with E-state index in [0.29, 0.717) is 17.7 Å². The van der Waals surface area contributed by atoms with Gasteiger partial charge in [-0.1, -0.05) is 27.7 Å². The molecule has 0 spiro atoms. The van der Waals surface area contributed by atoms with Crippen LogP contribution in [0.5, 0.6) is 5.75 Å². The summed E-state index contributed by atoms with van der Waals surface area (Å²) in [4.78, 5) is 40.7. The molecule has 0 fully saturated rings. The highest BCUT2D eigenvalue weighted by atomic mass is 16.7. The van der Waals surface area contributed by atoms with E-state index < -0.39 is 36.1 Å². The zero-order valence-electron chi connectivity index (χ0n) is 24.3. The highest BCUT2D eigenvalue weighted by Crippen LogP contribution is 2.27. The van der Waals surface area contributed by atoms with Gasteiger partial charge in [0, 0.05) is 24.0 Å². The molecule has 38 heavy (non-hydrogen) atoms. The van der Waals surface area contributed by atoms with Gasteiger partial charge in [0.05, 0.1) is 12.6 Å². The quantitative estimate of drug-likeness (QED) is 0.342. The number of nitrogens with zero attached hydrogens (tertiary/aromatic N) is 2. The minimum atomic E-state index is -1.17. The van der Waals surface area contributed by atoms with Gasteiger partial charge in [-0.3, -0.25) is 4.57 Å². The van der Waals surface area contributed by atoms with Crippen LogP contribution in [0.15, 0.2) is 24.4 Å². The Bertz CT molecular complexity index is 1120. The first-order valence-electron chi connectivity index (χ1n) is 12.9. The van der Waals surface area contributed by atoms with Gasteiger partial charge in [-0.05, 0) is 71.0 Å². The number of hydrogen-bond acceptors (Lipinski definition) is 8. The lowest BCUT2D eigenvalue weighted by Crippen LogP contribution is -2.48. The Kier molecular flexibility index (Phi) is 10.6. The minimum absolute atomic E-state index is 0.291. The Hall–Kier alpha value is -3.27. The van der Waals surface area contributed by atoms with Crippen molar-refractivity contribution in [3.63, 3.8) is 0 Å². The summed E-state index contributed by atoms with van der Waals surface area (Å²) in [6, 6.07) is 4.48. The molecule has 2 unspecified atom stereocenters. The number of aromatic nitrogens is 1. The molecule has 1 aromatic heterocycles. The predicted octanol–water partition coefficient (Wildman–Crippen LogP) is 4.81. The first kappa shape index (κ1) is 31.0. The second-order valence-corrected chi connectivity index (χ2v) is 11.3. The molecule has 0 aliphatic rings. The van der Waals surface area contributed by atoms with Crippen molar-refractivity contribution in [3.8, 4) is 5.75 Å². The number of amides is 1. The molecule has 1 heterocycles. The number of nitrogens with one attached hydrogen (secondary N) is 1. The molecular weight excluding hydrogens is 490 g/mol. The number of benzene rings is 1. The zero-order valence-corrected chi connectivity index (χ0v) is 24.3. The molecule has 2 rings (SSSR count). The number of esters is 1. The smallest absolute Gasteiger partial charge is 0.421 e. The van der Waals surface area contributed by atoms with Gasteiger partial charge < -0.3 is 29.2 Å². The van der Waals surface area contributed by atoms with Crippen molar-refractivity contribution >= 4 is 29.1 Å². The Balaban J connectivity index is 2.26. The number of rotatable bonds is 10. The van der Waals surface area contributed by atoms with Gasteiger partial charge in [-0.15, -0.1) is 0 Å². The van der Waals surface area contributed by atoms with Crippen molar-refractivity contribution in [3.05, 3.63) is 30.0 Å². The van der Waals surface area contributed by atoms with E-state index >= 15 is 0 Å². The summed E-state index contributed by atoms with van der Waals surface area (Å²) in [5.41, 5.74) is 0.898. The number of hydrogen-bond donors (Lipinski definition) is 1. The Labute approximate surface area is 225 Å². The molecular formula is C28H43N3O7. The van der Waals surface area contributed by atoms with E-state index in [-0.39, 0.29) is 11.8 Å². The number of fused-ring (bicyclic) bond motifs is 1.